The molecule has 0 radical (unpaired) electrons. The van der Waals surface area contributed by atoms with E-state index >= 15 is 0 Å². The average molecular weight is 277 g/mol. The molecule has 0 saturated carbocycles. The largest absolute Gasteiger partial charge is 0.314 e. The van der Waals surface area contributed by atoms with Crippen LogP contribution in [0.5, 0.6) is 0 Å². The van der Waals surface area contributed by atoms with Gasteiger partial charge in [-0.2, -0.15) is 0 Å². The van der Waals surface area contributed by atoms with Crippen LogP contribution in [0.25, 0.3) is 0 Å². The fraction of sp³-hybridized carbons (Fsp3) is 0.444. The molecule has 1 rings (SSSR count). The number of halogens is 1. The molecule has 0 aliphatic rings. The van der Waals surface area contributed by atoms with Gasteiger partial charge in [0.2, 0.25) is 0 Å². The zero-order chi connectivity index (χ0) is 9.14. The van der Waals surface area contributed by atoms with Crippen molar-refractivity contribution in [2.75, 3.05) is 0 Å². The molecule has 0 aromatic carbocycles. The van der Waals surface area contributed by atoms with Crippen LogP contribution >= 0.6 is 22.6 Å². The van der Waals surface area contributed by atoms with E-state index in [0.717, 1.165) is 22.1 Å². The van der Waals surface area contributed by atoms with Crippen LogP contribution in [0.3, 0.4) is 0 Å². The van der Waals surface area contributed by atoms with Crippen LogP contribution in [0.1, 0.15) is 18.9 Å². The fourth-order valence-electron chi connectivity index (χ4n) is 1.15. The molecule has 0 atom stereocenters. The maximum Gasteiger partial charge on any atom is 0.253 e. The molecule has 0 fully saturated rings. The number of aromatic nitrogens is 1. The quantitative estimate of drug-likeness (QED) is 0.759. The number of hydrogen-bond acceptors (Lipinski definition) is 1. The van der Waals surface area contributed by atoms with Gasteiger partial charge in [0.15, 0.2) is 0 Å². The summed E-state index contributed by atoms with van der Waals surface area (Å²) in [5, 5.41) is 0. The van der Waals surface area contributed by atoms with Crippen molar-refractivity contribution in [2.24, 2.45) is 0 Å². The fourth-order valence-corrected chi connectivity index (χ4v) is 1.95. The molecular weight excluding hydrogens is 265 g/mol. The van der Waals surface area contributed by atoms with Crippen molar-refractivity contribution in [3.05, 3.63) is 31.8 Å². The first-order valence-electron chi connectivity index (χ1n) is 4.01. The van der Waals surface area contributed by atoms with E-state index in [9.17, 15) is 4.79 Å². The molecule has 0 aliphatic carbocycles. The van der Waals surface area contributed by atoms with Gasteiger partial charge in [0.1, 0.15) is 0 Å². The van der Waals surface area contributed by atoms with E-state index in [1.54, 1.807) is 4.57 Å². The predicted octanol–water partition coefficient (Wildman–Crippen LogP) is 2.17. The molecule has 66 valence electrons. The Kier molecular flexibility index (Phi) is 3.31. The highest BCUT2D eigenvalue weighted by Gasteiger charge is 1.99. The van der Waals surface area contributed by atoms with Gasteiger partial charge in [0.25, 0.3) is 5.56 Å². The third-order valence-corrected chi connectivity index (χ3v) is 2.29. The third-order valence-electron chi connectivity index (χ3n) is 1.70. The lowest BCUT2D eigenvalue weighted by atomic mass is 10.3. The summed E-state index contributed by atoms with van der Waals surface area (Å²) in [4.78, 5) is 11.5. The lowest BCUT2D eigenvalue weighted by molar-refractivity contribution is 0.648. The van der Waals surface area contributed by atoms with E-state index in [0.29, 0.717) is 0 Å². The van der Waals surface area contributed by atoms with Crippen LogP contribution in [0.4, 0.5) is 0 Å². The van der Waals surface area contributed by atoms with Gasteiger partial charge in [-0.25, -0.2) is 0 Å². The second-order valence-electron chi connectivity index (χ2n) is 2.84. The van der Waals surface area contributed by atoms with Crippen LogP contribution in [-0.2, 0) is 6.54 Å². The lowest BCUT2D eigenvalue weighted by Gasteiger charge is -2.04. The lowest BCUT2D eigenvalue weighted by Crippen LogP contribution is -2.21. The highest BCUT2D eigenvalue weighted by molar-refractivity contribution is 14.1. The molecule has 0 aliphatic heterocycles. The minimum Gasteiger partial charge on any atom is -0.314 e. The number of rotatable bonds is 2. The Morgan fingerprint density at radius 3 is 2.83 bits per heavy atom. The standard InChI is InChI=1S/C9H12INO/c1-3-4-11-6-8(10)5-7(2)9(11)12/h5-6H,3-4H2,1-2H3. The summed E-state index contributed by atoms with van der Waals surface area (Å²) < 4.78 is 2.90. The van der Waals surface area contributed by atoms with Crippen LogP contribution in [0.15, 0.2) is 17.1 Å². The van der Waals surface area contributed by atoms with Crippen molar-refractivity contribution in [2.45, 2.75) is 26.8 Å². The van der Waals surface area contributed by atoms with Crippen molar-refractivity contribution in [1.29, 1.82) is 0 Å². The molecular formula is C9H12INO. The van der Waals surface area contributed by atoms with E-state index in [-0.39, 0.29) is 5.56 Å². The topological polar surface area (TPSA) is 22.0 Å². The van der Waals surface area contributed by atoms with Crippen molar-refractivity contribution >= 4 is 22.6 Å². The molecule has 0 bridgehead atoms. The Morgan fingerprint density at radius 2 is 2.25 bits per heavy atom. The summed E-state index contributed by atoms with van der Waals surface area (Å²) in [6.07, 6.45) is 2.90. The van der Waals surface area contributed by atoms with Crippen molar-refractivity contribution in [3.63, 3.8) is 0 Å². The maximum atomic E-state index is 11.5. The molecule has 1 aromatic heterocycles. The van der Waals surface area contributed by atoms with Crippen LogP contribution in [0.2, 0.25) is 0 Å². The first kappa shape index (κ1) is 9.77. The molecule has 0 N–H and O–H groups in total. The van der Waals surface area contributed by atoms with Crippen LogP contribution in [-0.4, -0.2) is 4.57 Å². The molecule has 0 amide bonds. The summed E-state index contributed by atoms with van der Waals surface area (Å²) >= 11 is 2.23. The number of aryl methyl sites for hydroxylation is 2. The SMILES string of the molecule is CCCn1cc(I)cc(C)c1=O. The van der Waals surface area contributed by atoms with E-state index in [1.807, 2.05) is 19.2 Å². The van der Waals surface area contributed by atoms with Gasteiger partial charge in [-0.15, -0.1) is 0 Å². The maximum absolute atomic E-state index is 11.5. The predicted molar refractivity (Wildman–Crippen MR) is 58.4 cm³/mol. The average Bonchev–Trinajstić information content (AvgIpc) is 2.00. The first-order chi connectivity index (χ1) is 5.65. The molecule has 0 unspecified atom stereocenters. The van der Waals surface area contributed by atoms with Crippen LogP contribution in [0, 0.1) is 10.5 Å². The zero-order valence-electron chi connectivity index (χ0n) is 7.30. The van der Waals surface area contributed by atoms with E-state index in [2.05, 4.69) is 29.5 Å². The van der Waals surface area contributed by atoms with E-state index < -0.39 is 0 Å². The Morgan fingerprint density at radius 1 is 1.58 bits per heavy atom. The number of nitrogens with zero attached hydrogens (tertiary/aromatic N) is 1. The van der Waals surface area contributed by atoms with Gasteiger partial charge in [0.05, 0.1) is 0 Å². The summed E-state index contributed by atoms with van der Waals surface area (Å²) in [5.74, 6) is 0. The van der Waals surface area contributed by atoms with Crippen molar-refractivity contribution in [1.82, 2.24) is 4.57 Å². The van der Waals surface area contributed by atoms with Gasteiger partial charge in [-0.05, 0) is 42.0 Å². The molecule has 1 heterocycles. The summed E-state index contributed by atoms with van der Waals surface area (Å²) in [7, 11) is 0. The molecule has 12 heavy (non-hydrogen) atoms. The number of hydrogen-bond donors (Lipinski definition) is 0. The number of pyridine rings is 1. The van der Waals surface area contributed by atoms with E-state index in [1.165, 1.54) is 0 Å². The Labute approximate surface area is 85.7 Å². The zero-order valence-corrected chi connectivity index (χ0v) is 9.46. The Bertz CT molecular complexity index is 330. The smallest absolute Gasteiger partial charge is 0.253 e. The molecule has 0 saturated heterocycles. The monoisotopic (exact) mass is 277 g/mol. The van der Waals surface area contributed by atoms with Crippen molar-refractivity contribution in [3.8, 4) is 0 Å². The van der Waals surface area contributed by atoms with Gasteiger partial charge in [0, 0.05) is 21.9 Å². The highest BCUT2D eigenvalue weighted by Crippen LogP contribution is 2.03. The van der Waals surface area contributed by atoms with Gasteiger partial charge in [-0.3, -0.25) is 4.79 Å². The molecule has 0 spiro atoms. The third kappa shape index (κ3) is 2.09. The van der Waals surface area contributed by atoms with Gasteiger partial charge < -0.3 is 4.57 Å². The van der Waals surface area contributed by atoms with Gasteiger partial charge in [-0.1, -0.05) is 6.92 Å². The van der Waals surface area contributed by atoms with Crippen LogP contribution < -0.4 is 5.56 Å². The second kappa shape index (κ2) is 4.07. The highest BCUT2D eigenvalue weighted by atomic mass is 127. The second-order valence-corrected chi connectivity index (χ2v) is 4.09. The molecule has 3 heteroatoms. The minimum atomic E-state index is 0.136. The van der Waals surface area contributed by atoms with Crippen molar-refractivity contribution < 1.29 is 0 Å². The molecule has 2 nitrogen and oxygen atoms in total. The summed E-state index contributed by atoms with van der Waals surface area (Å²) in [6, 6.07) is 1.91. The molecule has 1 aromatic rings. The van der Waals surface area contributed by atoms with Gasteiger partial charge >= 0.3 is 0 Å². The minimum absolute atomic E-state index is 0.136. The Hall–Kier alpha value is -0.320. The normalized spacial score (nSPS) is 10.2. The Balaban J connectivity index is 3.19. The van der Waals surface area contributed by atoms with E-state index in [4.69, 9.17) is 0 Å². The summed E-state index contributed by atoms with van der Waals surface area (Å²) in [6.45, 7) is 4.74. The summed E-state index contributed by atoms with van der Waals surface area (Å²) in [5.41, 5.74) is 0.965. The first-order valence-corrected chi connectivity index (χ1v) is 5.09.